The SMILES string of the molecule is CCCNC(=O)[C@@H](Cc1ccccc1)N(Cc1ccccc1F)C(=O)CN(c1ccc(C)c(Cl)c1)S(C)(=O)=O. The molecule has 1 atom stereocenters. The second-order valence-electron chi connectivity index (χ2n) is 9.31. The smallest absolute Gasteiger partial charge is 0.244 e. The number of nitrogens with zero attached hydrogens (tertiary/aromatic N) is 2. The molecule has 0 aliphatic heterocycles. The van der Waals surface area contributed by atoms with Crippen molar-refractivity contribution < 1.29 is 22.4 Å². The molecule has 0 bridgehead atoms. The van der Waals surface area contributed by atoms with Gasteiger partial charge in [-0.15, -0.1) is 0 Å². The molecule has 0 saturated heterocycles. The van der Waals surface area contributed by atoms with Crippen molar-refractivity contribution in [2.45, 2.75) is 39.3 Å². The number of aryl methyl sites for hydroxylation is 1. The molecule has 0 aliphatic carbocycles. The zero-order chi connectivity index (χ0) is 28.6. The highest BCUT2D eigenvalue weighted by atomic mass is 35.5. The molecule has 3 aromatic carbocycles. The highest BCUT2D eigenvalue weighted by molar-refractivity contribution is 7.92. The molecule has 0 aromatic heterocycles. The predicted molar refractivity (Wildman–Crippen MR) is 153 cm³/mol. The molecule has 2 amide bonds. The van der Waals surface area contributed by atoms with Crippen LogP contribution in [0.25, 0.3) is 0 Å². The normalized spacial score (nSPS) is 12.0. The zero-order valence-electron chi connectivity index (χ0n) is 22.2. The van der Waals surface area contributed by atoms with Crippen molar-refractivity contribution in [2.75, 3.05) is 23.7 Å². The molecule has 39 heavy (non-hydrogen) atoms. The van der Waals surface area contributed by atoms with E-state index in [9.17, 15) is 22.4 Å². The number of anilines is 1. The van der Waals surface area contributed by atoms with Crippen molar-refractivity contribution in [3.8, 4) is 0 Å². The molecule has 3 rings (SSSR count). The first kappa shape index (κ1) is 30.1. The molecule has 0 spiro atoms. The summed E-state index contributed by atoms with van der Waals surface area (Å²) in [5, 5.41) is 3.19. The molecule has 1 N–H and O–H groups in total. The largest absolute Gasteiger partial charge is 0.354 e. The lowest BCUT2D eigenvalue weighted by molar-refractivity contribution is -0.140. The van der Waals surface area contributed by atoms with Crippen LogP contribution in [0.4, 0.5) is 10.1 Å². The first-order chi connectivity index (χ1) is 18.5. The summed E-state index contributed by atoms with van der Waals surface area (Å²) in [7, 11) is -3.92. The van der Waals surface area contributed by atoms with Gasteiger partial charge in [-0.2, -0.15) is 0 Å². The summed E-state index contributed by atoms with van der Waals surface area (Å²) in [6.45, 7) is 3.25. The Morgan fingerprint density at radius 1 is 1.03 bits per heavy atom. The Balaban J connectivity index is 2.06. The predicted octanol–water partition coefficient (Wildman–Crippen LogP) is 4.72. The number of carbonyl (C=O) groups excluding carboxylic acids is 2. The molecule has 0 saturated carbocycles. The van der Waals surface area contributed by atoms with E-state index in [1.807, 2.05) is 37.3 Å². The molecule has 0 aliphatic rings. The van der Waals surface area contributed by atoms with Gasteiger partial charge in [0.1, 0.15) is 18.4 Å². The molecule has 7 nitrogen and oxygen atoms in total. The van der Waals surface area contributed by atoms with Gasteiger partial charge in [0, 0.05) is 30.1 Å². The van der Waals surface area contributed by atoms with Crippen molar-refractivity contribution in [3.63, 3.8) is 0 Å². The number of nitrogens with one attached hydrogen (secondary N) is 1. The lowest BCUT2D eigenvalue weighted by atomic mass is 10.0. The molecule has 0 unspecified atom stereocenters. The number of rotatable bonds is 12. The fourth-order valence-electron chi connectivity index (χ4n) is 4.08. The van der Waals surface area contributed by atoms with Crippen LogP contribution in [0.3, 0.4) is 0 Å². The topological polar surface area (TPSA) is 86.8 Å². The third kappa shape index (κ3) is 8.28. The fourth-order valence-corrected chi connectivity index (χ4v) is 5.10. The van der Waals surface area contributed by atoms with E-state index in [2.05, 4.69) is 5.32 Å². The minimum atomic E-state index is -3.92. The van der Waals surface area contributed by atoms with Crippen LogP contribution >= 0.6 is 11.6 Å². The monoisotopic (exact) mass is 573 g/mol. The van der Waals surface area contributed by atoms with Crippen molar-refractivity contribution in [2.24, 2.45) is 0 Å². The first-order valence-corrected chi connectivity index (χ1v) is 14.8. The molecular formula is C29H33ClFN3O4S. The van der Waals surface area contributed by atoms with Crippen molar-refractivity contribution in [1.82, 2.24) is 10.2 Å². The van der Waals surface area contributed by atoms with Crippen molar-refractivity contribution >= 4 is 39.1 Å². The lowest BCUT2D eigenvalue weighted by Crippen LogP contribution is -2.53. The maximum Gasteiger partial charge on any atom is 0.244 e. The third-order valence-electron chi connectivity index (χ3n) is 6.24. The number of carbonyl (C=O) groups is 2. The van der Waals surface area contributed by atoms with Gasteiger partial charge in [-0.3, -0.25) is 13.9 Å². The van der Waals surface area contributed by atoms with Gasteiger partial charge in [-0.1, -0.05) is 73.1 Å². The van der Waals surface area contributed by atoms with Crippen LogP contribution in [-0.2, 0) is 32.6 Å². The fraction of sp³-hybridized carbons (Fsp3) is 0.310. The van der Waals surface area contributed by atoms with E-state index in [1.165, 1.54) is 29.2 Å². The summed E-state index contributed by atoms with van der Waals surface area (Å²) >= 11 is 6.25. The van der Waals surface area contributed by atoms with Gasteiger partial charge < -0.3 is 10.2 Å². The van der Waals surface area contributed by atoms with Gasteiger partial charge in [0.15, 0.2) is 0 Å². The highest BCUT2D eigenvalue weighted by Gasteiger charge is 2.33. The molecule has 0 fully saturated rings. The van der Waals surface area contributed by atoms with Crippen LogP contribution in [0.1, 0.15) is 30.0 Å². The van der Waals surface area contributed by atoms with Gasteiger partial charge in [0.25, 0.3) is 0 Å². The highest BCUT2D eigenvalue weighted by Crippen LogP contribution is 2.26. The standard InChI is InChI=1S/C29H33ClFN3O4S/c1-4-16-32-29(36)27(17-22-10-6-5-7-11-22)33(19-23-12-8-9-13-26(23)31)28(35)20-34(39(3,37)38)24-15-14-21(2)25(30)18-24/h5-15,18,27H,4,16-17,19-20H2,1-3H3,(H,32,36)/t27-/m1/s1. The summed E-state index contributed by atoms with van der Waals surface area (Å²) in [5.41, 5.74) is 1.96. The summed E-state index contributed by atoms with van der Waals surface area (Å²) in [6.07, 6.45) is 1.83. The third-order valence-corrected chi connectivity index (χ3v) is 7.79. The minimum absolute atomic E-state index is 0.159. The Labute approximate surface area is 234 Å². The average Bonchev–Trinajstić information content (AvgIpc) is 2.90. The van der Waals surface area contributed by atoms with E-state index in [4.69, 9.17) is 11.6 Å². The Morgan fingerprint density at radius 2 is 1.69 bits per heavy atom. The van der Waals surface area contributed by atoms with Gasteiger partial charge in [0.2, 0.25) is 21.8 Å². The molecule has 10 heteroatoms. The first-order valence-electron chi connectivity index (χ1n) is 12.6. The number of amides is 2. The maximum atomic E-state index is 14.7. The van der Waals surface area contributed by atoms with E-state index in [0.717, 1.165) is 21.7 Å². The quantitative estimate of drug-likeness (QED) is 0.340. The molecule has 208 valence electrons. The van der Waals surface area contributed by atoms with Crippen LogP contribution in [0.2, 0.25) is 5.02 Å². The molecule has 0 radical (unpaired) electrons. The Morgan fingerprint density at radius 3 is 2.31 bits per heavy atom. The number of halogens is 2. The number of benzene rings is 3. The lowest BCUT2D eigenvalue weighted by Gasteiger charge is -2.33. The van der Waals surface area contributed by atoms with Crippen LogP contribution in [-0.4, -0.2) is 50.5 Å². The van der Waals surface area contributed by atoms with Gasteiger partial charge in [0.05, 0.1) is 11.9 Å². The maximum absolute atomic E-state index is 14.7. The number of hydrogen-bond acceptors (Lipinski definition) is 4. The van der Waals surface area contributed by atoms with E-state index >= 15 is 0 Å². The summed E-state index contributed by atoms with van der Waals surface area (Å²) in [4.78, 5) is 28.6. The molecule has 0 heterocycles. The van der Waals surface area contributed by atoms with Crippen LogP contribution in [0.5, 0.6) is 0 Å². The number of sulfonamides is 1. The van der Waals surface area contributed by atoms with E-state index < -0.39 is 40.2 Å². The number of hydrogen-bond donors (Lipinski definition) is 1. The van der Waals surface area contributed by atoms with E-state index in [-0.39, 0.29) is 24.2 Å². The summed E-state index contributed by atoms with van der Waals surface area (Å²) < 4.78 is 41.3. The summed E-state index contributed by atoms with van der Waals surface area (Å²) in [5.74, 6) is -1.60. The second-order valence-corrected chi connectivity index (χ2v) is 11.6. The van der Waals surface area contributed by atoms with Crippen molar-refractivity contribution in [3.05, 3.63) is 100 Å². The Kier molecular flexibility index (Phi) is 10.5. The van der Waals surface area contributed by atoms with Gasteiger partial charge >= 0.3 is 0 Å². The minimum Gasteiger partial charge on any atom is -0.354 e. The molecule has 3 aromatic rings. The van der Waals surface area contributed by atoms with Crippen molar-refractivity contribution in [1.29, 1.82) is 0 Å². The van der Waals surface area contributed by atoms with Crippen LogP contribution < -0.4 is 9.62 Å². The van der Waals surface area contributed by atoms with Crippen LogP contribution in [0, 0.1) is 12.7 Å². The van der Waals surface area contributed by atoms with Gasteiger partial charge in [-0.25, -0.2) is 12.8 Å². The second kappa shape index (κ2) is 13.6. The Bertz CT molecular complexity index is 1400. The zero-order valence-corrected chi connectivity index (χ0v) is 23.8. The summed E-state index contributed by atoms with van der Waals surface area (Å²) in [6, 6.07) is 18.8. The van der Waals surface area contributed by atoms with Gasteiger partial charge in [-0.05, 0) is 42.7 Å². The van der Waals surface area contributed by atoms with Crippen LogP contribution in [0.15, 0.2) is 72.8 Å². The van der Waals surface area contributed by atoms with E-state index in [0.29, 0.717) is 18.0 Å². The Hall–Kier alpha value is -3.43. The van der Waals surface area contributed by atoms with E-state index in [1.54, 1.807) is 25.1 Å². The average molecular weight is 574 g/mol. The molecular weight excluding hydrogens is 541 g/mol.